The quantitative estimate of drug-likeness (QED) is 0.893. The molecule has 0 aliphatic heterocycles. The average molecular weight is 239 g/mol. The minimum atomic E-state index is 0.669. The lowest BCUT2D eigenvalue weighted by Gasteiger charge is -1.95. The van der Waals surface area contributed by atoms with Gasteiger partial charge >= 0.3 is 0 Å². The molecule has 78 valence electrons. The fraction of sp³-hybridized carbons (Fsp3) is 0.182. The molecular weight excluding hydrogens is 228 g/mol. The lowest BCUT2D eigenvalue weighted by molar-refractivity contribution is 0.989. The van der Waals surface area contributed by atoms with Crippen LogP contribution in [0.15, 0.2) is 30.3 Å². The van der Waals surface area contributed by atoms with E-state index in [0.29, 0.717) is 6.54 Å². The Balaban J connectivity index is 2.25. The summed E-state index contributed by atoms with van der Waals surface area (Å²) in [5, 5.41) is 0.746. The third-order valence-corrected chi connectivity index (χ3v) is 3.19. The molecule has 0 saturated carbocycles. The van der Waals surface area contributed by atoms with Gasteiger partial charge in [0.25, 0.3) is 0 Å². The van der Waals surface area contributed by atoms with E-state index >= 15 is 0 Å². The van der Waals surface area contributed by atoms with Crippen LogP contribution in [0.3, 0.4) is 0 Å². The van der Waals surface area contributed by atoms with Crippen molar-refractivity contribution in [2.75, 3.05) is 6.54 Å². The van der Waals surface area contributed by atoms with E-state index in [4.69, 9.17) is 17.3 Å². The van der Waals surface area contributed by atoms with Crippen LogP contribution >= 0.6 is 23.1 Å². The lowest BCUT2D eigenvalue weighted by atomic mass is 10.1. The van der Waals surface area contributed by atoms with Crippen LogP contribution < -0.4 is 5.73 Å². The molecule has 2 N–H and O–H groups in total. The number of benzene rings is 1. The van der Waals surface area contributed by atoms with E-state index in [1.807, 2.05) is 24.3 Å². The highest BCUT2D eigenvalue weighted by Gasteiger charge is 2.03. The van der Waals surface area contributed by atoms with Gasteiger partial charge in [-0.1, -0.05) is 23.7 Å². The third kappa shape index (κ3) is 2.56. The number of hydrogen-bond donors (Lipinski definition) is 1. The second-order valence-electron chi connectivity index (χ2n) is 3.22. The minimum absolute atomic E-state index is 0.669. The zero-order valence-corrected chi connectivity index (χ0v) is 9.68. The predicted octanol–water partition coefficient (Wildman–Crippen LogP) is 2.96. The molecule has 1 heterocycles. The highest BCUT2D eigenvalue weighted by atomic mass is 35.5. The van der Waals surface area contributed by atoms with Gasteiger partial charge in [-0.25, -0.2) is 0 Å². The summed E-state index contributed by atoms with van der Waals surface area (Å²) < 4.78 is 4.38. The van der Waals surface area contributed by atoms with E-state index in [0.717, 1.165) is 22.7 Å². The van der Waals surface area contributed by atoms with Crippen LogP contribution in [0.2, 0.25) is 5.02 Å². The Bertz CT molecular complexity index is 436. The summed E-state index contributed by atoms with van der Waals surface area (Å²) in [5.74, 6) is 0. The topological polar surface area (TPSA) is 38.9 Å². The van der Waals surface area contributed by atoms with Crippen molar-refractivity contribution in [3.63, 3.8) is 0 Å². The summed E-state index contributed by atoms with van der Waals surface area (Å²) in [5.41, 5.74) is 7.59. The molecule has 2 aromatic rings. The fourth-order valence-electron chi connectivity index (χ4n) is 1.33. The first-order valence-electron chi connectivity index (χ1n) is 4.71. The number of hydrogen-bond acceptors (Lipinski definition) is 3. The summed E-state index contributed by atoms with van der Waals surface area (Å²) in [6.45, 7) is 0.669. The van der Waals surface area contributed by atoms with Crippen molar-refractivity contribution in [3.8, 4) is 11.3 Å². The Hall–Kier alpha value is -0.900. The Morgan fingerprint density at radius 2 is 2.00 bits per heavy atom. The molecule has 0 atom stereocenters. The maximum absolute atomic E-state index is 5.82. The summed E-state index contributed by atoms with van der Waals surface area (Å²) in [7, 11) is 0. The molecule has 0 fully saturated rings. The van der Waals surface area contributed by atoms with Crippen molar-refractivity contribution in [1.82, 2.24) is 4.37 Å². The van der Waals surface area contributed by atoms with Crippen molar-refractivity contribution in [2.24, 2.45) is 5.73 Å². The molecule has 0 amide bonds. The highest BCUT2D eigenvalue weighted by molar-refractivity contribution is 7.06. The van der Waals surface area contributed by atoms with Gasteiger partial charge in [-0.2, -0.15) is 4.37 Å². The van der Waals surface area contributed by atoms with E-state index in [1.54, 1.807) is 0 Å². The number of rotatable bonds is 3. The van der Waals surface area contributed by atoms with Crippen LogP contribution in [0.4, 0.5) is 0 Å². The van der Waals surface area contributed by atoms with Gasteiger partial charge in [-0.15, -0.1) is 0 Å². The van der Waals surface area contributed by atoms with Gasteiger partial charge in [0.2, 0.25) is 0 Å². The smallest absolute Gasteiger partial charge is 0.0843 e. The molecule has 0 aliphatic carbocycles. The largest absolute Gasteiger partial charge is 0.330 e. The maximum Gasteiger partial charge on any atom is 0.0843 e. The third-order valence-electron chi connectivity index (χ3n) is 2.09. The number of nitrogens with two attached hydrogens (primary N) is 1. The van der Waals surface area contributed by atoms with Gasteiger partial charge < -0.3 is 5.73 Å². The molecule has 0 unspecified atom stereocenters. The normalized spacial score (nSPS) is 10.5. The first kappa shape index (κ1) is 10.6. The van der Waals surface area contributed by atoms with Crippen LogP contribution in [0, 0.1) is 0 Å². The van der Waals surface area contributed by atoms with E-state index in [2.05, 4.69) is 10.4 Å². The Labute approximate surface area is 97.9 Å². The van der Waals surface area contributed by atoms with Crippen LogP contribution in [0.25, 0.3) is 11.3 Å². The molecule has 15 heavy (non-hydrogen) atoms. The number of aromatic nitrogens is 1. The van der Waals surface area contributed by atoms with E-state index in [9.17, 15) is 0 Å². The molecule has 0 bridgehead atoms. The Morgan fingerprint density at radius 1 is 1.27 bits per heavy atom. The predicted molar refractivity (Wildman–Crippen MR) is 65.3 cm³/mol. The first-order chi connectivity index (χ1) is 7.29. The second-order valence-corrected chi connectivity index (χ2v) is 4.55. The van der Waals surface area contributed by atoms with Crippen LogP contribution in [0.1, 0.15) is 4.88 Å². The first-order valence-corrected chi connectivity index (χ1v) is 5.86. The minimum Gasteiger partial charge on any atom is -0.330 e. The fourth-order valence-corrected chi connectivity index (χ4v) is 2.20. The molecule has 0 radical (unpaired) electrons. The Morgan fingerprint density at radius 3 is 2.67 bits per heavy atom. The molecule has 1 aromatic carbocycles. The van der Waals surface area contributed by atoms with E-state index in [-0.39, 0.29) is 0 Å². The van der Waals surface area contributed by atoms with Gasteiger partial charge in [-0.05, 0) is 42.7 Å². The lowest BCUT2D eigenvalue weighted by Crippen LogP contribution is -2.00. The van der Waals surface area contributed by atoms with Crippen molar-refractivity contribution in [3.05, 3.63) is 40.2 Å². The average Bonchev–Trinajstić information content (AvgIpc) is 2.68. The zero-order valence-electron chi connectivity index (χ0n) is 8.11. The zero-order chi connectivity index (χ0) is 10.7. The monoisotopic (exact) mass is 238 g/mol. The SMILES string of the molecule is NCCc1cc(-c2ccc(Cl)cc2)ns1. The van der Waals surface area contributed by atoms with Gasteiger partial charge in [-0.3, -0.25) is 0 Å². The summed E-state index contributed by atoms with van der Waals surface area (Å²) >= 11 is 7.33. The van der Waals surface area contributed by atoms with E-state index in [1.165, 1.54) is 16.4 Å². The molecule has 1 aromatic heterocycles. The summed E-state index contributed by atoms with van der Waals surface area (Å²) in [6, 6.07) is 9.78. The summed E-state index contributed by atoms with van der Waals surface area (Å²) in [6.07, 6.45) is 0.894. The van der Waals surface area contributed by atoms with Gasteiger partial charge in [0.15, 0.2) is 0 Å². The molecular formula is C11H11ClN2S. The standard InChI is InChI=1S/C11H11ClN2S/c12-9-3-1-8(2-4-9)11-7-10(5-6-13)15-14-11/h1-4,7H,5-6,13H2. The van der Waals surface area contributed by atoms with Gasteiger partial charge in [0.05, 0.1) is 5.69 Å². The van der Waals surface area contributed by atoms with Crippen molar-refractivity contribution < 1.29 is 0 Å². The molecule has 0 spiro atoms. The van der Waals surface area contributed by atoms with Gasteiger partial charge in [0.1, 0.15) is 0 Å². The molecule has 4 heteroatoms. The molecule has 2 nitrogen and oxygen atoms in total. The Kier molecular flexibility index (Phi) is 3.36. The second kappa shape index (κ2) is 4.75. The van der Waals surface area contributed by atoms with Crippen LogP contribution in [-0.4, -0.2) is 10.9 Å². The van der Waals surface area contributed by atoms with Gasteiger partial charge in [0, 0.05) is 15.5 Å². The van der Waals surface area contributed by atoms with Crippen LogP contribution in [-0.2, 0) is 6.42 Å². The van der Waals surface area contributed by atoms with E-state index < -0.39 is 0 Å². The highest BCUT2D eigenvalue weighted by Crippen LogP contribution is 2.23. The molecule has 2 rings (SSSR count). The molecule has 0 aliphatic rings. The summed E-state index contributed by atoms with van der Waals surface area (Å²) in [4.78, 5) is 1.22. The maximum atomic E-state index is 5.82. The van der Waals surface area contributed by atoms with Crippen molar-refractivity contribution in [1.29, 1.82) is 0 Å². The number of nitrogens with zero attached hydrogens (tertiary/aromatic N) is 1. The van der Waals surface area contributed by atoms with Crippen molar-refractivity contribution in [2.45, 2.75) is 6.42 Å². The van der Waals surface area contributed by atoms with Crippen LogP contribution in [0.5, 0.6) is 0 Å². The molecule has 0 saturated heterocycles. The number of halogens is 1. The van der Waals surface area contributed by atoms with Crippen molar-refractivity contribution >= 4 is 23.1 Å².